The number of ether oxygens (including phenoxy) is 2. The molecule has 0 saturated carbocycles. The Balaban J connectivity index is 1.97. The van der Waals surface area contributed by atoms with Gasteiger partial charge in [-0.1, -0.05) is 54.6 Å². The van der Waals surface area contributed by atoms with E-state index in [0.717, 1.165) is 16.9 Å². The van der Waals surface area contributed by atoms with Gasteiger partial charge in [-0.15, -0.1) is 0 Å². The summed E-state index contributed by atoms with van der Waals surface area (Å²) in [6.07, 6.45) is 3.63. The van der Waals surface area contributed by atoms with E-state index in [2.05, 4.69) is 13.2 Å². The summed E-state index contributed by atoms with van der Waals surface area (Å²) >= 11 is 5.96. The van der Waals surface area contributed by atoms with E-state index < -0.39 is 0 Å². The van der Waals surface area contributed by atoms with Crippen molar-refractivity contribution >= 4 is 11.6 Å². The van der Waals surface area contributed by atoms with Crippen LogP contribution in [0.15, 0.2) is 85.2 Å². The van der Waals surface area contributed by atoms with Crippen LogP contribution in [0.5, 0.6) is 11.5 Å². The van der Waals surface area contributed by atoms with Gasteiger partial charge in [0.25, 0.3) is 0 Å². The number of halogens is 1. The fourth-order valence-electron chi connectivity index (χ4n) is 1.84. The van der Waals surface area contributed by atoms with Gasteiger partial charge in [-0.3, -0.25) is 0 Å². The fraction of sp³-hybridized carbons (Fsp3) is 0.100. The minimum absolute atomic E-state index is 0.445. The summed E-state index contributed by atoms with van der Waals surface area (Å²) in [6.45, 7) is 10.00. The van der Waals surface area contributed by atoms with Crippen molar-refractivity contribution in [2.75, 3.05) is 0 Å². The Hall–Kier alpha value is -2.45. The van der Waals surface area contributed by atoms with Crippen molar-refractivity contribution in [3.8, 4) is 11.5 Å². The maximum Gasteiger partial charge on any atom is 0.131 e. The van der Waals surface area contributed by atoms with E-state index in [4.69, 9.17) is 21.1 Å². The Morgan fingerprint density at radius 2 is 1.78 bits per heavy atom. The molecule has 2 rings (SSSR count). The first kappa shape index (κ1) is 16.9. The van der Waals surface area contributed by atoms with E-state index in [1.165, 1.54) is 0 Å². The van der Waals surface area contributed by atoms with Crippen molar-refractivity contribution in [3.05, 3.63) is 95.8 Å². The molecule has 0 spiro atoms. The Bertz CT molecular complexity index is 732. The molecule has 0 unspecified atom stereocenters. The first-order chi connectivity index (χ1) is 11.0. The zero-order chi connectivity index (χ0) is 16.7. The van der Waals surface area contributed by atoms with E-state index in [0.29, 0.717) is 23.1 Å². The molecule has 0 aliphatic rings. The fourth-order valence-corrected chi connectivity index (χ4v) is 2.05. The molecule has 118 valence electrons. The van der Waals surface area contributed by atoms with Crippen molar-refractivity contribution in [1.29, 1.82) is 0 Å². The van der Waals surface area contributed by atoms with E-state index in [-0.39, 0.29) is 0 Å². The summed E-state index contributed by atoms with van der Waals surface area (Å²) in [5.41, 5.74) is 1.95. The summed E-state index contributed by atoms with van der Waals surface area (Å²) in [4.78, 5) is 0. The number of benzene rings is 2. The predicted molar refractivity (Wildman–Crippen MR) is 95.9 cm³/mol. The lowest BCUT2D eigenvalue weighted by atomic mass is 10.2. The molecule has 0 fully saturated rings. The van der Waals surface area contributed by atoms with Gasteiger partial charge in [-0.05, 0) is 42.8 Å². The van der Waals surface area contributed by atoms with Gasteiger partial charge in [0.05, 0.1) is 0 Å². The van der Waals surface area contributed by atoms with Crippen LogP contribution in [-0.2, 0) is 6.61 Å². The van der Waals surface area contributed by atoms with Crippen molar-refractivity contribution < 1.29 is 9.47 Å². The first-order valence-corrected chi connectivity index (χ1v) is 7.58. The summed E-state index contributed by atoms with van der Waals surface area (Å²) in [7, 11) is 0. The molecule has 0 aromatic heterocycles. The maximum absolute atomic E-state index is 5.96. The van der Waals surface area contributed by atoms with E-state index in [9.17, 15) is 0 Å². The minimum atomic E-state index is 0.445. The predicted octanol–water partition coefficient (Wildman–Crippen LogP) is 5.94. The summed E-state index contributed by atoms with van der Waals surface area (Å²) < 4.78 is 11.4. The lowest BCUT2D eigenvalue weighted by Crippen LogP contribution is -1.96. The maximum atomic E-state index is 5.96. The molecule has 23 heavy (non-hydrogen) atoms. The molecule has 2 aromatic carbocycles. The molecular formula is C20H19ClO2. The van der Waals surface area contributed by atoms with Crippen LogP contribution >= 0.6 is 11.6 Å². The quantitative estimate of drug-likeness (QED) is 0.463. The van der Waals surface area contributed by atoms with Crippen LogP contribution in [0.4, 0.5) is 0 Å². The monoisotopic (exact) mass is 326 g/mol. The van der Waals surface area contributed by atoms with Crippen LogP contribution in [-0.4, -0.2) is 0 Å². The van der Waals surface area contributed by atoms with Gasteiger partial charge in [0.15, 0.2) is 0 Å². The van der Waals surface area contributed by atoms with Crippen molar-refractivity contribution in [1.82, 2.24) is 0 Å². The van der Waals surface area contributed by atoms with Gasteiger partial charge in [-0.2, -0.15) is 0 Å². The largest absolute Gasteiger partial charge is 0.489 e. The molecule has 0 heterocycles. The van der Waals surface area contributed by atoms with Crippen LogP contribution in [0.2, 0.25) is 5.02 Å². The van der Waals surface area contributed by atoms with Crippen LogP contribution in [0.3, 0.4) is 0 Å². The number of rotatable bonds is 7. The van der Waals surface area contributed by atoms with Crippen LogP contribution in [0.1, 0.15) is 12.5 Å². The molecule has 0 atom stereocenters. The Morgan fingerprint density at radius 3 is 2.52 bits per heavy atom. The SMILES string of the molecule is C=C(C)/C=C\C(=C)Oc1cccc(OCc2cccc(Cl)c2)c1. The van der Waals surface area contributed by atoms with Crippen molar-refractivity contribution in [2.24, 2.45) is 0 Å². The Labute approximate surface area is 142 Å². The lowest BCUT2D eigenvalue weighted by molar-refractivity contribution is 0.304. The zero-order valence-electron chi connectivity index (χ0n) is 13.1. The molecule has 0 aliphatic carbocycles. The van der Waals surface area contributed by atoms with E-state index in [1.54, 1.807) is 6.08 Å². The third-order valence-electron chi connectivity index (χ3n) is 2.90. The second kappa shape index (κ2) is 8.25. The van der Waals surface area contributed by atoms with Gasteiger partial charge < -0.3 is 9.47 Å². The van der Waals surface area contributed by atoms with Gasteiger partial charge in [0, 0.05) is 11.1 Å². The second-order valence-electron chi connectivity index (χ2n) is 5.14. The molecule has 0 saturated heterocycles. The molecule has 3 heteroatoms. The minimum Gasteiger partial charge on any atom is -0.489 e. The highest BCUT2D eigenvalue weighted by Gasteiger charge is 2.01. The van der Waals surface area contributed by atoms with Crippen LogP contribution in [0.25, 0.3) is 0 Å². The normalized spacial score (nSPS) is 10.5. The third-order valence-corrected chi connectivity index (χ3v) is 3.14. The highest BCUT2D eigenvalue weighted by molar-refractivity contribution is 6.30. The van der Waals surface area contributed by atoms with E-state index in [1.807, 2.05) is 61.5 Å². The second-order valence-corrected chi connectivity index (χ2v) is 5.58. The molecule has 0 radical (unpaired) electrons. The Kier molecular flexibility index (Phi) is 6.07. The van der Waals surface area contributed by atoms with Gasteiger partial charge >= 0.3 is 0 Å². The number of allylic oxidation sites excluding steroid dienone is 3. The highest BCUT2D eigenvalue weighted by Crippen LogP contribution is 2.22. The van der Waals surface area contributed by atoms with Gasteiger partial charge in [-0.25, -0.2) is 0 Å². The van der Waals surface area contributed by atoms with Gasteiger partial charge in [0.2, 0.25) is 0 Å². The molecule has 0 N–H and O–H groups in total. The standard InChI is InChI=1S/C20H19ClO2/c1-15(2)10-11-16(3)23-20-9-5-8-19(13-20)22-14-17-6-4-7-18(21)12-17/h4-13H,1,3,14H2,2H3/b11-10-. The average molecular weight is 327 g/mol. The van der Waals surface area contributed by atoms with Crippen LogP contribution in [0, 0.1) is 0 Å². The van der Waals surface area contributed by atoms with E-state index >= 15 is 0 Å². The molecular weight excluding hydrogens is 308 g/mol. The first-order valence-electron chi connectivity index (χ1n) is 7.20. The number of hydrogen-bond donors (Lipinski definition) is 0. The van der Waals surface area contributed by atoms with Gasteiger partial charge in [0.1, 0.15) is 23.9 Å². The molecule has 0 aliphatic heterocycles. The topological polar surface area (TPSA) is 18.5 Å². The smallest absolute Gasteiger partial charge is 0.131 e. The molecule has 0 amide bonds. The number of hydrogen-bond acceptors (Lipinski definition) is 2. The lowest BCUT2D eigenvalue weighted by Gasteiger charge is -2.09. The summed E-state index contributed by atoms with van der Waals surface area (Å²) in [5, 5.41) is 0.698. The van der Waals surface area contributed by atoms with Crippen molar-refractivity contribution in [2.45, 2.75) is 13.5 Å². The molecule has 2 nitrogen and oxygen atoms in total. The zero-order valence-corrected chi connectivity index (χ0v) is 13.8. The van der Waals surface area contributed by atoms with Crippen molar-refractivity contribution in [3.63, 3.8) is 0 Å². The average Bonchev–Trinajstić information content (AvgIpc) is 2.51. The Morgan fingerprint density at radius 1 is 1.04 bits per heavy atom. The third kappa shape index (κ3) is 6.05. The van der Waals surface area contributed by atoms with Crippen LogP contribution < -0.4 is 9.47 Å². The summed E-state index contributed by atoms with van der Waals surface area (Å²) in [5.74, 6) is 1.93. The highest BCUT2D eigenvalue weighted by atomic mass is 35.5. The molecule has 2 aromatic rings. The molecule has 0 bridgehead atoms. The summed E-state index contributed by atoms with van der Waals surface area (Å²) in [6, 6.07) is 15.0.